The minimum Gasteiger partial charge on any atom is -0.494 e. The SMILES string of the molecule is COc1ccc([C@@H]2NC(=O)NC2=O)cc1F. The monoisotopic (exact) mass is 224 g/mol. The molecular formula is C10H9FN2O3. The van der Waals surface area contributed by atoms with Crippen molar-refractivity contribution in [2.75, 3.05) is 7.11 Å². The molecule has 0 aliphatic carbocycles. The molecule has 0 bridgehead atoms. The predicted octanol–water partition coefficient (Wildman–Crippen LogP) is 0.715. The lowest BCUT2D eigenvalue weighted by molar-refractivity contribution is -0.120. The van der Waals surface area contributed by atoms with Crippen molar-refractivity contribution in [2.45, 2.75) is 6.04 Å². The number of hydrogen-bond acceptors (Lipinski definition) is 3. The molecule has 0 saturated carbocycles. The zero-order chi connectivity index (χ0) is 11.7. The lowest BCUT2D eigenvalue weighted by Crippen LogP contribution is -2.22. The summed E-state index contributed by atoms with van der Waals surface area (Å²) in [6.45, 7) is 0. The number of carbonyl (C=O) groups excluding carboxylic acids is 2. The molecule has 0 spiro atoms. The van der Waals surface area contributed by atoms with Crippen molar-refractivity contribution in [3.63, 3.8) is 0 Å². The molecule has 1 fully saturated rings. The van der Waals surface area contributed by atoms with Crippen LogP contribution in [0.5, 0.6) is 5.75 Å². The Morgan fingerprint density at radius 2 is 2.12 bits per heavy atom. The first kappa shape index (κ1) is 10.4. The highest BCUT2D eigenvalue weighted by Crippen LogP contribution is 2.23. The lowest BCUT2D eigenvalue weighted by Gasteiger charge is -2.09. The number of halogens is 1. The summed E-state index contributed by atoms with van der Waals surface area (Å²) >= 11 is 0. The fourth-order valence-corrected chi connectivity index (χ4v) is 1.51. The molecule has 1 saturated heterocycles. The Morgan fingerprint density at radius 1 is 1.38 bits per heavy atom. The van der Waals surface area contributed by atoms with Gasteiger partial charge in [0.25, 0.3) is 5.91 Å². The zero-order valence-electron chi connectivity index (χ0n) is 8.41. The number of urea groups is 1. The van der Waals surface area contributed by atoms with Crippen LogP contribution in [0.2, 0.25) is 0 Å². The van der Waals surface area contributed by atoms with Gasteiger partial charge in [0.15, 0.2) is 11.6 Å². The van der Waals surface area contributed by atoms with E-state index in [1.54, 1.807) is 0 Å². The minimum atomic E-state index is -0.840. The Morgan fingerprint density at radius 3 is 2.62 bits per heavy atom. The second kappa shape index (κ2) is 3.80. The molecular weight excluding hydrogens is 215 g/mol. The van der Waals surface area contributed by atoms with E-state index in [9.17, 15) is 14.0 Å². The molecule has 6 heteroatoms. The van der Waals surface area contributed by atoms with Crippen LogP contribution >= 0.6 is 0 Å². The molecule has 0 radical (unpaired) electrons. The van der Waals surface area contributed by atoms with Crippen LogP contribution in [0.3, 0.4) is 0 Å². The predicted molar refractivity (Wildman–Crippen MR) is 52.4 cm³/mol. The van der Waals surface area contributed by atoms with Crippen LogP contribution in [0.25, 0.3) is 0 Å². The van der Waals surface area contributed by atoms with Gasteiger partial charge in [-0.15, -0.1) is 0 Å². The minimum absolute atomic E-state index is 0.0912. The van der Waals surface area contributed by atoms with Crippen molar-refractivity contribution in [1.29, 1.82) is 0 Å². The number of benzene rings is 1. The van der Waals surface area contributed by atoms with Gasteiger partial charge in [-0.3, -0.25) is 10.1 Å². The third-order valence-electron chi connectivity index (χ3n) is 2.28. The highest BCUT2D eigenvalue weighted by Gasteiger charge is 2.31. The van der Waals surface area contributed by atoms with Gasteiger partial charge in [0.1, 0.15) is 6.04 Å². The van der Waals surface area contributed by atoms with Crippen molar-refractivity contribution in [3.8, 4) is 5.75 Å². The summed E-state index contributed by atoms with van der Waals surface area (Å²) in [4.78, 5) is 22.2. The number of nitrogens with one attached hydrogen (secondary N) is 2. The summed E-state index contributed by atoms with van der Waals surface area (Å²) in [5, 5.41) is 4.45. The fraction of sp³-hybridized carbons (Fsp3) is 0.200. The molecule has 1 atom stereocenters. The first-order valence-corrected chi connectivity index (χ1v) is 4.56. The van der Waals surface area contributed by atoms with Crippen molar-refractivity contribution >= 4 is 11.9 Å². The maximum absolute atomic E-state index is 13.4. The average molecular weight is 224 g/mol. The molecule has 0 unspecified atom stereocenters. The summed E-state index contributed by atoms with van der Waals surface area (Å²) in [6, 6.07) is 2.67. The smallest absolute Gasteiger partial charge is 0.322 e. The van der Waals surface area contributed by atoms with E-state index in [-0.39, 0.29) is 5.75 Å². The van der Waals surface area contributed by atoms with Crippen LogP contribution < -0.4 is 15.4 Å². The Bertz CT molecular complexity index is 461. The summed E-state index contributed by atoms with van der Waals surface area (Å²) in [5.74, 6) is -0.975. The standard InChI is InChI=1S/C10H9FN2O3/c1-16-7-3-2-5(4-6(7)11)8-9(14)13-10(15)12-8/h2-4,8H,1H3,(H2,12,13,14,15)/t8-/m0/s1. The average Bonchev–Trinajstić information content (AvgIpc) is 2.58. The third kappa shape index (κ3) is 1.69. The number of methoxy groups -OCH3 is 1. The van der Waals surface area contributed by atoms with E-state index in [1.807, 2.05) is 0 Å². The van der Waals surface area contributed by atoms with Crippen LogP contribution in [0.4, 0.5) is 9.18 Å². The number of carbonyl (C=O) groups is 2. The molecule has 1 aromatic carbocycles. The second-order valence-electron chi connectivity index (χ2n) is 3.29. The summed E-state index contributed by atoms with van der Waals surface area (Å²) in [7, 11) is 1.35. The maximum Gasteiger partial charge on any atom is 0.322 e. The van der Waals surface area contributed by atoms with Gasteiger partial charge in [-0.05, 0) is 17.7 Å². The Balaban J connectivity index is 2.31. The van der Waals surface area contributed by atoms with Gasteiger partial charge in [-0.25, -0.2) is 9.18 Å². The number of amides is 3. The molecule has 3 amide bonds. The molecule has 0 aromatic heterocycles. The Labute approximate surface area is 90.6 Å². The van der Waals surface area contributed by atoms with E-state index in [2.05, 4.69) is 10.6 Å². The van der Waals surface area contributed by atoms with Gasteiger partial charge in [0.2, 0.25) is 0 Å². The Kier molecular flexibility index (Phi) is 2.47. The molecule has 2 N–H and O–H groups in total. The van der Waals surface area contributed by atoms with Gasteiger partial charge < -0.3 is 10.1 Å². The molecule has 1 aliphatic heterocycles. The summed E-state index contributed by atoms with van der Waals surface area (Å²) < 4.78 is 18.1. The normalized spacial score (nSPS) is 19.2. The van der Waals surface area contributed by atoms with E-state index in [0.717, 1.165) is 6.07 Å². The van der Waals surface area contributed by atoms with E-state index in [1.165, 1.54) is 19.2 Å². The van der Waals surface area contributed by atoms with Crippen molar-refractivity contribution in [2.24, 2.45) is 0 Å². The van der Waals surface area contributed by atoms with E-state index in [0.29, 0.717) is 5.56 Å². The van der Waals surface area contributed by atoms with Crippen molar-refractivity contribution in [1.82, 2.24) is 10.6 Å². The van der Waals surface area contributed by atoms with E-state index >= 15 is 0 Å². The van der Waals surface area contributed by atoms with Crippen molar-refractivity contribution < 1.29 is 18.7 Å². The van der Waals surface area contributed by atoms with Gasteiger partial charge in [0.05, 0.1) is 7.11 Å². The third-order valence-corrected chi connectivity index (χ3v) is 2.28. The first-order valence-electron chi connectivity index (χ1n) is 4.56. The maximum atomic E-state index is 13.4. The van der Waals surface area contributed by atoms with Gasteiger partial charge in [-0.2, -0.15) is 0 Å². The lowest BCUT2D eigenvalue weighted by atomic mass is 10.1. The van der Waals surface area contributed by atoms with Crippen LogP contribution in [0, 0.1) is 5.82 Å². The second-order valence-corrected chi connectivity index (χ2v) is 3.29. The number of rotatable bonds is 2. The number of ether oxygens (including phenoxy) is 1. The molecule has 1 aliphatic rings. The quantitative estimate of drug-likeness (QED) is 0.727. The van der Waals surface area contributed by atoms with Crippen LogP contribution in [0.1, 0.15) is 11.6 Å². The van der Waals surface area contributed by atoms with Crippen LogP contribution in [-0.2, 0) is 4.79 Å². The zero-order valence-corrected chi connectivity index (χ0v) is 8.41. The number of imide groups is 1. The first-order chi connectivity index (χ1) is 7.61. The molecule has 84 valence electrons. The summed E-state index contributed by atoms with van der Waals surface area (Å²) in [5.41, 5.74) is 0.377. The Hall–Kier alpha value is -2.11. The molecule has 1 aromatic rings. The molecule has 16 heavy (non-hydrogen) atoms. The van der Waals surface area contributed by atoms with E-state index in [4.69, 9.17) is 4.74 Å². The van der Waals surface area contributed by atoms with Crippen LogP contribution in [-0.4, -0.2) is 19.0 Å². The highest BCUT2D eigenvalue weighted by molar-refractivity contribution is 6.04. The van der Waals surface area contributed by atoms with Crippen LogP contribution in [0.15, 0.2) is 18.2 Å². The largest absolute Gasteiger partial charge is 0.494 e. The molecule has 2 rings (SSSR count). The molecule has 1 heterocycles. The molecule has 5 nitrogen and oxygen atoms in total. The van der Waals surface area contributed by atoms with Gasteiger partial charge in [-0.1, -0.05) is 6.07 Å². The van der Waals surface area contributed by atoms with Crippen molar-refractivity contribution in [3.05, 3.63) is 29.6 Å². The number of hydrogen-bond donors (Lipinski definition) is 2. The van der Waals surface area contributed by atoms with Gasteiger partial charge >= 0.3 is 6.03 Å². The topological polar surface area (TPSA) is 67.4 Å². The van der Waals surface area contributed by atoms with Gasteiger partial charge in [0, 0.05) is 0 Å². The van der Waals surface area contributed by atoms with E-state index < -0.39 is 23.8 Å². The highest BCUT2D eigenvalue weighted by atomic mass is 19.1. The summed E-state index contributed by atoms with van der Waals surface area (Å²) in [6.07, 6.45) is 0. The fourth-order valence-electron chi connectivity index (χ4n) is 1.51.